The second-order valence-corrected chi connectivity index (χ2v) is 9.80. The summed E-state index contributed by atoms with van der Waals surface area (Å²) < 4.78 is 62.4. The van der Waals surface area contributed by atoms with E-state index in [9.17, 15) is 32.3 Å². The van der Waals surface area contributed by atoms with Gasteiger partial charge in [0.15, 0.2) is 5.82 Å². The molecule has 4 heterocycles. The zero-order valence-electron chi connectivity index (χ0n) is 22.3. The van der Waals surface area contributed by atoms with Crippen molar-refractivity contribution < 1.29 is 37.0 Å². The summed E-state index contributed by atoms with van der Waals surface area (Å²) in [6.45, 7) is 1.72. The third-order valence-corrected chi connectivity index (χ3v) is 7.06. The number of hydrogen-bond donors (Lipinski definition) is 2. The Morgan fingerprint density at radius 1 is 1.19 bits per heavy atom. The van der Waals surface area contributed by atoms with Crippen LogP contribution in [0.2, 0.25) is 0 Å². The largest absolute Gasteiger partial charge is 0.472 e. The molecule has 42 heavy (non-hydrogen) atoms. The molecule has 0 radical (unpaired) electrons. The van der Waals surface area contributed by atoms with Crippen LogP contribution >= 0.6 is 0 Å². The van der Waals surface area contributed by atoms with Crippen molar-refractivity contribution in [2.24, 2.45) is 5.73 Å². The summed E-state index contributed by atoms with van der Waals surface area (Å²) in [6, 6.07) is 1.99. The lowest BCUT2D eigenvalue weighted by Gasteiger charge is -2.29. The van der Waals surface area contributed by atoms with Gasteiger partial charge in [-0.2, -0.15) is 23.4 Å². The lowest BCUT2D eigenvalue weighted by atomic mass is 9.93. The highest BCUT2D eigenvalue weighted by atomic mass is 19.4. The van der Waals surface area contributed by atoms with E-state index in [1.54, 1.807) is 23.9 Å². The van der Waals surface area contributed by atoms with Gasteiger partial charge in [0.2, 0.25) is 5.91 Å². The van der Waals surface area contributed by atoms with E-state index in [0.29, 0.717) is 53.9 Å². The first-order chi connectivity index (χ1) is 20.0. The molecule has 1 fully saturated rings. The van der Waals surface area contributed by atoms with Crippen molar-refractivity contribution in [1.82, 2.24) is 29.5 Å². The molecule has 0 aliphatic heterocycles. The molecule has 16 heteroatoms. The minimum Gasteiger partial charge on any atom is -0.472 e. The van der Waals surface area contributed by atoms with E-state index in [4.69, 9.17) is 15.6 Å². The number of carbonyl (C=O) groups excluding carboxylic acids is 1. The van der Waals surface area contributed by atoms with Gasteiger partial charge in [-0.05, 0) is 38.7 Å². The molecular weight excluding hydrogens is 564 g/mol. The highest BCUT2D eigenvalue weighted by Gasteiger charge is 2.36. The normalized spacial score (nSPS) is 17.4. The maximum absolute atomic E-state index is 14.5. The molecule has 3 N–H and O–H groups in total. The monoisotopic (exact) mass is 590 g/mol. The molecular formula is C26H26F4N8O4. The van der Waals surface area contributed by atoms with Crippen molar-refractivity contribution in [2.75, 3.05) is 11.4 Å². The molecule has 12 nitrogen and oxygen atoms in total. The first-order valence-electron chi connectivity index (χ1n) is 13.0. The SMILES string of the molecule is CCN(C(=O)O)c1cc2c(cn1)c(-c1cnn(CC(N)=O)c1)nn2C1CCC(Oc2nccc(C(F)(F)F)c2F)CC1. The second kappa shape index (κ2) is 11.3. The third kappa shape index (κ3) is 5.69. The Hall–Kier alpha value is -4.76. The van der Waals surface area contributed by atoms with Crippen LogP contribution < -0.4 is 15.4 Å². The quantitative estimate of drug-likeness (QED) is 0.286. The average molecular weight is 591 g/mol. The Morgan fingerprint density at radius 2 is 1.93 bits per heavy atom. The zero-order valence-corrected chi connectivity index (χ0v) is 22.3. The number of carbonyl (C=O) groups is 2. The van der Waals surface area contributed by atoms with Gasteiger partial charge in [0.05, 0.1) is 23.3 Å². The second-order valence-electron chi connectivity index (χ2n) is 9.80. The summed E-state index contributed by atoms with van der Waals surface area (Å²) in [4.78, 5) is 32.2. The Bertz CT molecular complexity index is 1630. The highest BCUT2D eigenvalue weighted by Crippen LogP contribution is 2.38. The predicted molar refractivity (Wildman–Crippen MR) is 140 cm³/mol. The minimum absolute atomic E-state index is 0.129. The van der Waals surface area contributed by atoms with E-state index in [1.807, 2.05) is 0 Å². The lowest BCUT2D eigenvalue weighted by Crippen LogP contribution is -2.29. The first-order valence-corrected chi connectivity index (χ1v) is 13.0. The first kappa shape index (κ1) is 28.8. The van der Waals surface area contributed by atoms with Gasteiger partial charge >= 0.3 is 12.3 Å². The van der Waals surface area contributed by atoms with Crippen LogP contribution in [-0.2, 0) is 17.5 Å². The van der Waals surface area contributed by atoms with Crippen LogP contribution in [0.15, 0.2) is 36.9 Å². The molecule has 1 aliphatic carbocycles. The van der Waals surface area contributed by atoms with Gasteiger partial charge in [-0.25, -0.2) is 19.2 Å². The maximum Gasteiger partial charge on any atom is 0.419 e. The number of aromatic nitrogens is 6. The van der Waals surface area contributed by atoms with Crippen molar-refractivity contribution in [3.63, 3.8) is 0 Å². The van der Waals surface area contributed by atoms with Gasteiger partial charge in [-0.15, -0.1) is 0 Å². The van der Waals surface area contributed by atoms with Crippen LogP contribution in [0.25, 0.3) is 22.2 Å². The molecule has 0 atom stereocenters. The zero-order chi connectivity index (χ0) is 30.2. The van der Waals surface area contributed by atoms with E-state index in [2.05, 4.69) is 15.1 Å². The van der Waals surface area contributed by atoms with E-state index in [1.165, 1.54) is 17.1 Å². The van der Waals surface area contributed by atoms with Gasteiger partial charge in [0.25, 0.3) is 5.88 Å². The number of rotatable bonds is 8. The molecule has 1 aliphatic rings. The number of pyridine rings is 2. The molecule has 0 aromatic carbocycles. The van der Waals surface area contributed by atoms with Gasteiger partial charge in [-0.3, -0.25) is 19.1 Å². The van der Waals surface area contributed by atoms with Crippen molar-refractivity contribution >= 4 is 28.7 Å². The Kier molecular flexibility index (Phi) is 7.71. The standard InChI is InChI=1S/C26H26F4N8O4/c1-2-37(25(40)41)21-9-19-17(11-33-21)23(14-10-34-36(12-14)13-20(31)39)35-38(19)15-3-5-16(6-4-15)42-24-22(27)18(7-8-32-24)26(28,29)30/h7-12,15-16H,2-6,13H2,1H3,(H2,31,39)(H,40,41). The Labute approximate surface area is 235 Å². The average Bonchev–Trinajstić information content (AvgIpc) is 3.54. The van der Waals surface area contributed by atoms with E-state index >= 15 is 0 Å². The topological polar surface area (TPSA) is 154 Å². The Balaban J connectivity index is 1.44. The fraction of sp³-hybridized carbons (Fsp3) is 0.385. The summed E-state index contributed by atoms with van der Waals surface area (Å²) in [5.74, 6) is -2.61. The molecule has 222 valence electrons. The molecule has 2 amide bonds. The number of carboxylic acid groups (broad SMARTS) is 1. The summed E-state index contributed by atoms with van der Waals surface area (Å²) >= 11 is 0. The van der Waals surface area contributed by atoms with Crippen LogP contribution in [0, 0.1) is 5.82 Å². The number of anilines is 1. The molecule has 4 aromatic rings. The van der Waals surface area contributed by atoms with Gasteiger partial charge < -0.3 is 15.6 Å². The van der Waals surface area contributed by atoms with Crippen LogP contribution in [0.3, 0.4) is 0 Å². The smallest absolute Gasteiger partial charge is 0.419 e. The molecule has 0 bridgehead atoms. The highest BCUT2D eigenvalue weighted by molar-refractivity contribution is 5.95. The predicted octanol–water partition coefficient (Wildman–Crippen LogP) is 4.40. The number of halogens is 4. The Morgan fingerprint density at radius 3 is 2.57 bits per heavy atom. The lowest BCUT2D eigenvalue weighted by molar-refractivity contribution is -0.140. The molecule has 4 aromatic heterocycles. The summed E-state index contributed by atoms with van der Waals surface area (Å²) in [5.41, 5.74) is 5.53. The fourth-order valence-electron chi connectivity index (χ4n) is 5.08. The summed E-state index contributed by atoms with van der Waals surface area (Å²) in [5, 5.41) is 19.2. The van der Waals surface area contributed by atoms with Crippen molar-refractivity contribution in [1.29, 1.82) is 0 Å². The number of nitrogens with zero attached hydrogens (tertiary/aromatic N) is 7. The molecule has 0 spiro atoms. The minimum atomic E-state index is -4.88. The van der Waals surface area contributed by atoms with Crippen LogP contribution in [-0.4, -0.2) is 59.3 Å². The number of amides is 2. The van der Waals surface area contributed by atoms with E-state index < -0.39 is 41.5 Å². The number of hydrogen-bond acceptors (Lipinski definition) is 7. The summed E-state index contributed by atoms with van der Waals surface area (Å²) in [6.07, 6.45) is 0.632. The molecule has 0 unspecified atom stereocenters. The van der Waals surface area contributed by atoms with Gasteiger partial charge in [0.1, 0.15) is 24.2 Å². The number of primary amides is 1. The third-order valence-electron chi connectivity index (χ3n) is 7.06. The van der Waals surface area contributed by atoms with Crippen LogP contribution in [0.4, 0.5) is 28.2 Å². The number of fused-ring (bicyclic) bond motifs is 1. The van der Waals surface area contributed by atoms with Crippen LogP contribution in [0.5, 0.6) is 5.88 Å². The molecule has 0 saturated heterocycles. The molecule has 1 saturated carbocycles. The number of ether oxygens (including phenoxy) is 1. The van der Waals surface area contributed by atoms with Crippen LogP contribution in [0.1, 0.15) is 44.2 Å². The van der Waals surface area contributed by atoms with Crippen molar-refractivity contribution in [2.45, 2.75) is 57.5 Å². The number of alkyl halides is 3. The van der Waals surface area contributed by atoms with E-state index in [0.717, 1.165) is 11.1 Å². The maximum atomic E-state index is 14.5. The molecule has 5 rings (SSSR count). The van der Waals surface area contributed by atoms with Crippen molar-refractivity contribution in [3.05, 3.63) is 48.3 Å². The van der Waals surface area contributed by atoms with Gasteiger partial charge in [-0.1, -0.05) is 0 Å². The fourth-order valence-corrected chi connectivity index (χ4v) is 5.08. The summed E-state index contributed by atoms with van der Waals surface area (Å²) in [7, 11) is 0. The number of nitrogens with two attached hydrogens (primary N) is 1. The van der Waals surface area contributed by atoms with E-state index in [-0.39, 0.29) is 24.9 Å². The van der Waals surface area contributed by atoms with Crippen molar-refractivity contribution in [3.8, 4) is 17.1 Å². The van der Waals surface area contributed by atoms with Gasteiger partial charge in [0, 0.05) is 42.2 Å².